The zero-order valence-electron chi connectivity index (χ0n) is 15.8. The molecule has 0 heterocycles. The third-order valence-corrected chi connectivity index (χ3v) is 5.12. The molecule has 0 atom stereocenters. The maximum atomic E-state index is 13.6. The van der Waals surface area contributed by atoms with Crippen LogP contribution >= 0.6 is 11.6 Å². The molecule has 154 valence electrons. The van der Waals surface area contributed by atoms with E-state index in [2.05, 4.69) is 5.32 Å². The van der Waals surface area contributed by atoms with Crippen LogP contribution in [0.4, 0.5) is 10.1 Å². The van der Waals surface area contributed by atoms with Gasteiger partial charge in [0.05, 0.1) is 21.8 Å². The molecule has 3 aromatic rings. The van der Waals surface area contributed by atoms with Gasteiger partial charge in [0.15, 0.2) is 18.2 Å². The number of esters is 1. The zero-order chi connectivity index (χ0) is 22.1. The minimum absolute atomic E-state index is 0.0573. The smallest absolute Gasteiger partial charge is 0.340 e. The fraction of sp³-hybridized carbons (Fsp3) is 0.0435. The molecule has 6 nitrogen and oxygen atoms in total. The van der Waals surface area contributed by atoms with Crippen molar-refractivity contribution in [2.45, 2.75) is 0 Å². The average molecular weight is 438 g/mol. The van der Waals surface area contributed by atoms with Crippen LogP contribution < -0.4 is 5.32 Å². The predicted octanol–water partition coefficient (Wildman–Crippen LogP) is 4.05. The van der Waals surface area contributed by atoms with Gasteiger partial charge in [-0.3, -0.25) is 14.4 Å². The summed E-state index contributed by atoms with van der Waals surface area (Å²) in [5.41, 5.74) is 0.226. The zero-order valence-corrected chi connectivity index (χ0v) is 16.5. The number of amides is 1. The summed E-state index contributed by atoms with van der Waals surface area (Å²) in [5.74, 6) is -3.22. The second-order valence-corrected chi connectivity index (χ2v) is 7.04. The Morgan fingerprint density at radius 3 is 2.23 bits per heavy atom. The van der Waals surface area contributed by atoms with Gasteiger partial charge in [-0.2, -0.15) is 0 Å². The second kappa shape index (κ2) is 8.12. The molecule has 4 rings (SSSR count). The number of anilines is 1. The molecule has 31 heavy (non-hydrogen) atoms. The lowest BCUT2D eigenvalue weighted by atomic mass is 9.83. The largest absolute Gasteiger partial charge is 0.452 e. The molecule has 0 fully saturated rings. The van der Waals surface area contributed by atoms with E-state index in [1.54, 1.807) is 18.2 Å². The molecule has 1 aliphatic rings. The first-order chi connectivity index (χ1) is 14.9. The van der Waals surface area contributed by atoms with E-state index in [0.717, 1.165) is 0 Å². The van der Waals surface area contributed by atoms with Crippen molar-refractivity contribution in [1.29, 1.82) is 0 Å². The summed E-state index contributed by atoms with van der Waals surface area (Å²) in [6, 6.07) is 14.4. The average Bonchev–Trinajstić information content (AvgIpc) is 2.77. The van der Waals surface area contributed by atoms with Gasteiger partial charge in [-0.25, -0.2) is 9.18 Å². The number of halogens is 2. The number of rotatable bonds is 4. The maximum Gasteiger partial charge on any atom is 0.340 e. The lowest BCUT2D eigenvalue weighted by molar-refractivity contribution is -0.119. The van der Waals surface area contributed by atoms with E-state index in [1.165, 1.54) is 42.5 Å². The van der Waals surface area contributed by atoms with Crippen molar-refractivity contribution in [2.24, 2.45) is 0 Å². The van der Waals surface area contributed by atoms with Gasteiger partial charge in [-0.15, -0.1) is 0 Å². The number of fused-ring (bicyclic) bond motifs is 2. The Kier molecular flexibility index (Phi) is 5.35. The quantitative estimate of drug-likeness (QED) is 0.486. The summed E-state index contributed by atoms with van der Waals surface area (Å²) < 4.78 is 18.6. The molecule has 0 unspecified atom stereocenters. The molecular formula is C23H13ClFNO5. The number of para-hydroxylation sites is 1. The first-order valence-electron chi connectivity index (χ1n) is 9.11. The van der Waals surface area contributed by atoms with Crippen LogP contribution in [-0.2, 0) is 9.53 Å². The molecule has 0 saturated carbocycles. The van der Waals surface area contributed by atoms with Crippen molar-refractivity contribution in [3.63, 3.8) is 0 Å². The van der Waals surface area contributed by atoms with Crippen LogP contribution in [0.25, 0.3) is 0 Å². The molecule has 1 amide bonds. The van der Waals surface area contributed by atoms with Crippen molar-refractivity contribution in [1.82, 2.24) is 0 Å². The Labute approximate surface area is 180 Å². The Morgan fingerprint density at radius 2 is 1.52 bits per heavy atom. The number of hydrogen-bond donors (Lipinski definition) is 1. The van der Waals surface area contributed by atoms with Gasteiger partial charge in [0.25, 0.3) is 5.91 Å². The Balaban J connectivity index is 1.54. The van der Waals surface area contributed by atoms with Crippen LogP contribution in [0.3, 0.4) is 0 Å². The normalized spacial score (nSPS) is 12.1. The number of carbonyl (C=O) groups is 4. The minimum atomic E-state index is -0.962. The number of benzene rings is 3. The summed E-state index contributed by atoms with van der Waals surface area (Å²) in [4.78, 5) is 50.0. The number of carbonyl (C=O) groups excluding carboxylic acids is 4. The molecule has 0 aliphatic heterocycles. The van der Waals surface area contributed by atoms with Crippen LogP contribution in [0.15, 0.2) is 60.7 Å². The van der Waals surface area contributed by atoms with Crippen molar-refractivity contribution in [3.8, 4) is 0 Å². The van der Waals surface area contributed by atoms with E-state index in [9.17, 15) is 23.6 Å². The summed E-state index contributed by atoms with van der Waals surface area (Å²) in [5, 5.41) is 2.05. The Bertz CT molecular complexity index is 1270. The highest BCUT2D eigenvalue weighted by Gasteiger charge is 2.33. The molecule has 0 bridgehead atoms. The molecule has 0 saturated heterocycles. The van der Waals surface area contributed by atoms with E-state index in [0.29, 0.717) is 0 Å². The fourth-order valence-corrected chi connectivity index (χ4v) is 3.59. The lowest BCUT2D eigenvalue weighted by Gasteiger charge is -2.19. The van der Waals surface area contributed by atoms with Crippen molar-refractivity contribution in [3.05, 3.63) is 99.3 Å². The van der Waals surface area contributed by atoms with E-state index in [-0.39, 0.29) is 44.3 Å². The summed E-state index contributed by atoms with van der Waals surface area (Å²) in [7, 11) is 0. The second-order valence-electron chi connectivity index (χ2n) is 6.66. The van der Waals surface area contributed by atoms with Crippen molar-refractivity contribution < 1.29 is 28.3 Å². The third kappa shape index (κ3) is 3.71. The van der Waals surface area contributed by atoms with Gasteiger partial charge in [0.2, 0.25) is 0 Å². The van der Waals surface area contributed by atoms with Crippen LogP contribution in [0.2, 0.25) is 5.02 Å². The lowest BCUT2D eigenvalue weighted by Crippen LogP contribution is -2.24. The van der Waals surface area contributed by atoms with E-state index in [1.807, 2.05) is 0 Å². The van der Waals surface area contributed by atoms with Gasteiger partial charge in [-0.05, 0) is 24.3 Å². The van der Waals surface area contributed by atoms with Crippen LogP contribution in [0.1, 0.15) is 42.2 Å². The third-order valence-electron chi connectivity index (χ3n) is 4.73. The number of hydrogen-bond acceptors (Lipinski definition) is 5. The minimum Gasteiger partial charge on any atom is -0.452 e. The predicted molar refractivity (Wildman–Crippen MR) is 110 cm³/mol. The number of ether oxygens (including phenoxy) is 1. The molecule has 1 N–H and O–H groups in total. The van der Waals surface area contributed by atoms with E-state index < -0.39 is 30.1 Å². The topological polar surface area (TPSA) is 89.5 Å². The SMILES string of the molecule is O=C(COC(=O)c1ccc2c(c1Cl)C(=O)c1ccccc1C2=O)Nc1ccccc1F. The van der Waals surface area contributed by atoms with Gasteiger partial charge in [0, 0.05) is 16.7 Å². The first-order valence-corrected chi connectivity index (χ1v) is 9.48. The van der Waals surface area contributed by atoms with Gasteiger partial charge in [-0.1, -0.05) is 48.0 Å². The first kappa shape index (κ1) is 20.4. The van der Waals surface area contributed by atoms with Gasteiger partial charge >= 0.3 is 5.97 Å². The van der Waals surface area contributed by atoms with Crippen molar-refractivity contribution in [2.75, 3.05) is 11.9 Å². The molecule has 3 aromatic carbocycles. The highest BCUT2D eigenvalue weighted by molar-refractivity contribution is 6.41. The molecule has 0 spiro atoms. The van der Waals surface area contributed by atoms with Gasteiger partial charge in [0.1, 0.15) is 5.82 Å². The molecular weight excluding hydrogens is 425 g/mol. The highest BCUT2D eigenvalue weighted by Crippen LogP contribution is 2.34. The Hall–Kier alpha value is -3.84. The highest BCUT2D eigenvalue weighted by atomic mass is 35.5. The Morgan fingerprint density at radius 1 is 0.871 bits per heavy atom. The summed E-state index contributed by atoms with van der Waals surface area (Å²) >= 11 is 6.29. The van der Waals surface area contributed by atoms with Crippen molar-refractivity contribution >= 4 is 40.7 Å². The van der Waals surface area contributed by atoms with Crippen LogP contribution in [0.5, 0.6) is 0 Å². The number of ketones is 2. The van der Waals surface area contributed by atoms with E-state index >= 15 is 0 Å². The summed E-state index contributed by atoms with van der Waals surface area (Å²) in [6.07, 6.45) is 0. The maximum absolute atomic E-state index is 13.6. The fourth-order valence-electron chi connectivity index (χ4n) is 3.26. The molecule has 8 heteroatoms. The van der Waals surface area contributed by atoms with Crippen LogP contribution in [-0.4, -0.2) is 30.0 Å². The van der Waals surface area contributed by atoms with E-state index in [4.69, 9.17) is 16.3 Å². The standard InChI is InChI=1S/C23H13ClFNO5/c24-20-15(23(30)31-11-18(27)26-17-8-4-3-7-16(17)25)10-9-14-19(20)22(29)13-6-2-1-5-12(13)21(14)28/h1-10H,11H2,(H,26,27). The van der Waals surface area contributed by atoms with Crippen LogP contribution in [0, 0.1) is 5.82 Å². The molecule has 1 aliphatic carbocycles. The summed E-state index contributed by atoms with van der Waals surface area (Å²) in [6.45, 7) is -0.698. The molecule has 0 aromatic heterocycles. The monoisotopic (exact) mass is 437 g/mol. The number of nitrogens with one attached hydrogen (secondary N) is 1. The molecule has 0 radical (unpaired) electrons. The van der Waals surface area contributed by atoms with Gasteiger partial charge < -0.3 is 10.1 Å².